The normalized spacial score (nSPS) is 12.3. The van der Waals surface area contributed by atoms with E-state index in [1.54, 1.807) is 25.3 Å². The third-order valence-corrected chi connectivity index (χ3v) is 3.21. The molecule has 5 heteroatoms. The molecule has 1 atom stereocenters. The van der Waals surface area contributed by atoms with Crippen LogP contribution in [0.2, 0.25) is 0 Å². The Kier molecular flexibility index (Phi) is 4.53. The maximum atomic E-state index is 10.9. The van der Waals surface area contributed by atoms with Crippen LogP contribution in [0, 0.1) is 17.0 Å². The third-order valence-electron chi connectivity index (χ3n) is 3.21. The van der Waals surface area contributed by atoms with Gasteiger partial charge in [0.1, 0.15) is 5.76 Å². The van der Waals surface area contributed by atoms with Gasteiger partial charge in [-0.15, -0.1) is 0 Å². The average Bonchev–Trinajstić information content (AvgIpc) is 2.90. The first kappa shape index (κ1) is 14.3. The summed E-state index contributed by atoms with van der Waals surface area (Å²) in [4.78, 5) is 10.6. The Balaban J connectivity index is 1.93. The minimum Gasteiger partial charge on any atom is -0.469 e. The Morgan fingerprint density at radius 2 is 2.20 bits per heavy atom. The Morgan fingerprint density at radius 1 is 1.40 bits per heavy atom. The molecule has 1 aromatic carbocycles. The number of nitro groups is 1. The number of nitrogens with zero attached hydrogens (tertiary/aromatic N) is 1. The van der Waals surface area contributed by atoms with Gasteiger partial charge in [-0.3, -0.25) is 10.1 Å². The quantitative estimate of drug-likeness (QED) is 0.648. The zero-order chi connectivity index (χ0) is 14.5. The van der Waals surface area contributed by atoms with Gasteiger partial charge in [0, 0.05) is 30.6 Å². The second kappa shape index (κ2) is 6.34. The summed E-state index contributed by atoms with van der Waals surface area (Å²) in [7, 11) is 0. The first-order valence-corrected chi connectivity index (χ1v) is 6.56. The summed E-state index contributed by atoms with van der Waals surface area (Å²) in [5.74, 6) is 0.930. The van der Waals surface area contributed by atoms with E-state index in [0.717, 1.165) is 17.7 Å². The van der Waals surface area contributed by atoms with Crippen molar-refractivity contribution in [3.63, 3.8) is 0 Å². The van der Waals surface area contributed by atoms with Crippen molar-refractivity contribution >= 4 is 5.69 Å². The molecule has 2 rings (SSSR count). The fourth-order valence-corrected chi connectivity index (χ4v) is 2.06. The predicted octanol–water partition coefficient (Wildman–Crippen LogP) is 3.22. The monoisotopic (exact) mass is 274 g/mol. The minimum atomic E-state index is -0.342. The van der Waals surface area contributed by atoms with Crippen molar-refractivity contribution in [3.8, 4) is 0 Å². The Hall–Kier alpha value is -2.14. The molecule has 0 aliphatic carbocycles. The van der Waals surface area contributed by atoms with Crippen molar-refractivity contribution in [3.05, 3.63) is 63.6 Å². The standard InChI is InChI=1S/C15H18N2O3/c1-11-5-6-13(9-15(11)17(18)19)10-16-12(2)8-14-4-3-7-20-14/h3-7,9,12,16H,8,10H2,1-2H3. The highest BCUT2D eigenvalue weighted by Crippen LogP contribution is 2.19. The minimum absolute atomic E-state index is 0.169. The Morgan fingerprint density at radius 3 is 2.85 bits per heavy atom. The molecule has 0 aliphatic rings. The highest BCUT2D eigenvalue weighted by atomic mass is 16.6. The first-order chi connectivity index (χ1) is 9.56. The molecule has 1 N–H and O–H groups in total. The van der Waals surface area contributed by atoms with Crippen molar-refractivity contribution in [1.29, 1.82) is 0 Å². The van der Waals surface area contributed by atoms with Crippen molar-refractivity contribution < 1.29 is 9.34 Å². The van der Waals surface area contributed by atoms with Gasteiger partial charge in [-0.2, -0.15) is 0 Å². The predicted molar refractivity (Wildman–Crippen MR) is 76.5 cm³/mol. The molecule has 1 unspecified atom stereocenters. The van der Waals surface area contributed by atoms with Crippen LogP contribution in [0.25, 0.3) is 0 Å². The summed E-state index contributed by atoms with van der Waals surface area (Å²) in [5.41, 5.74) is 1.76. The number of nitrogens with one attached hydrogen (secondary N) is 1. The lowest BCUT2D eigenvalue weighted by Gasteiger charge is -2.12. The van der Waals surface area contributed by atoms with Crippen LogP contribution in [-0.2, 0) is 13.0 Å². The van der Waals surface area contributed by atoms with Crippen LogP contribution < -0.4 is 5.32 Å². The number of benzene rings is 1. The summed E-state index contributed by atoms with van der Waals surface area (Å²) < 4.78 is 5.29. The van der Waals surface area contributed by atoms with E-state index in [0.29, 0.717) is 12.1 Å². The Bertz CT molecular complexity index is 579. The number of aryl methyl sites for hydroxylation is 1. The number of rotatable bonds is 6. The fraction of sp³-hybridized carbons (Fsp3) is 0.333. The van der Waals surface area contributed by atoms with Crippen LogP contribution in [0.4, 0.5) is 5.69 Å². The number of hydrogen-bond acceptors (Lipinski definition) is 4. The van der Waals surface area contributed by atoms with Crippen LogP contribution >= 0.6 is 0 Å². The molecule has 0 saturated carbocycles. The van der Waals surface area contributed by atoms with Gasteiger partial charge in [0.05, 0.1) is 11.2 Å². The molecule has 0 aliphatic heterocycles. The van der Waals surface area contributed by atoms with Crippen molar-refractivity contribution in [2.24, 2.45) is 0 Å². The second-order valence-corrected chi connectivity index (χ2v) is 4.94. The van der Waals surface area contributed by atoms with E-state index in [9.17, 15) is 10.1 Å². The largest absolute Gasteiger partial charge is 0.469 e. The summed E-state index contributed by atoms with van der Waals surface area (Å²) in [6, 6.07) is 9.37. The maximum absolute atomic E-state index is 10.9. The van der Waals surface area contributed by atoms with Gasteiger partial charge in [-0.25, -0.2) is 0 Å². The van der Waals surface area contributed by atoms with E-state index in [-0.39, 0.29) is 16.7 Å². The zero-order valence-corrected chi connectivity index (χ0v) is 11.6. The lowest BCUT2D eigenvalue weighted by atomic mass is 10.1. The number of furan rings is 1. The van der Waals surface area contributed by atoms with Gasteiger partial charge >= 0.3 is 0 Å². The highest BCUT2D eigenvalue weighted by molar-refractivity contribution is 5.42. The second-order valence-electron chi connectivity index (χ2n) is 4.94. The molecule has 1 aromatic heterocycles. The molecule has 5 nitrogen and oxygen atoms in total. The van der Waals surface area contributed by atoms with Crippen LogP contribution in [0.1, 0.15) is 23.8 Å². The molecule has 1 heterocycles. The first-order valence-electron chi connectivity index (χ1n) is 6.56. The molecular formula is C15H18N2O3. The smallest absolute Gasteiger partial charge is 0.272 e. The summed E-state index contributed by atoms with van der Waals surface area (Å²) in [6.45, 7) is 4.41. The van der Waals surface area contributed by atoms with Crippen LogP contribution in [0.15, 0.2) is 41.0 Å². The molecule has 0 bridgehead atoms. The highest BCUT2D eigenvalue weighted by Gasteiger charge is 2.11. The van der Waals surface area contributed by atoms with E-state index in [1.807, 2.05) is 18.2 Å². The molecule has 20 heavy (non-hydrogen) atoms. The lowest BCUT2D eigenvalue weighted by molar-refractivity contribution is -0.385. The van der Waals surface area contributed by atoms with Crippen molar-refractivity contribution in [1.82, 2.24) is 5.32 Å². The molecule has 0 saturated heterocycles. The zero-order valence-electron chi connectivity index (χ0n) is 11.6. The number of nitro benzene ring substituents is 1. The lowest BCUT2D eigenvalue weighted by Crippen LogP contribution is -2.27. The van der Waals surface area contributed by atoms with Gasteiger partial charge in [-0.1, -0.05) is 12.1 Å². The van der Waals surface area contributed by atoms with E-state index >= 15 is 0 Å². The molecule has 106 valence electrons. The van der Waals surface area contributed by atoms with Crippen LogP contribution in [0.3, 0.4) is 0 Å². The van der Waals surface area contributed by atoms with E-state index in [1.165, 1.54) is 0 Å². The van der Waals surface area contributed by atoms with Gasteiger partial charge in [0.2, 0.25) is 0 Å². The molecule has 0 amide bonds. The van der Waals surface area contributed by atoms with Crippen molar-refractivity contribution in [2.45, 2.75) is 32.9 Å². The van der Waals surface area contributed by atoms with Gasteiger partial charge in [-0.05, 0) is 31.5 Å². The molecule has 2 aromatic rings. The molecule has 0 fully saturated rings. The number of hydrogen-bond donors (Lipinski definition) is 1. The van der Waals surface area contributed by atoms with E-state index < -0.39 is 0 Å². The van der Waals surface area contributed by atoms with E-state index in [2.05, 4.69) is 12.2 Å². The molecule has 0 spiro atoms. The summed E-state index contributed by atoms with van der Waals surface area (Å²) in [6.07, 6.45) is 2.45. The van der Waals surface area contributed by atoms with Gasteiger partial charge < -0.3 is 9.73 Å². The summed E-state index contributed by atoms with van der Waals surface area (Å²) >= 11 is 0. The van der Waals surface area contributed by atoms with Crippen LogP contribution in [0.5, 0.6) is 0 Å². The topological polar surface area (TPSA) is 68.3 Å². The molecular weight excluding hydrogens is 256 g/mol. The van der Waals surface area contributed by atoms with Crippen LogP contribution in [-0.4, -0.2) is 11.0 Å². The average molecular weight is 274 g/mol. The van der Waals surface area contributed by atoms with Crippen molar-refractivity contribution in [2.75, 3.05) is 0 Å². The fourth-order valence-electron chi connectivity index (χ4n) is 2.06. The van der Waals surface area contributed by atoms with Gasteiger partial charge in [0.15, 0.2) is 0 Å². The summed E-state index contributed by atoms with van der Waals surface area (Å²) in [5, 5.41) is 14.2. The SMILES string of the molecule is Cc1ccc(CNC(C)Cc2ccco2)cc1[N+](=O)[O-]. The maximum Gasteiger partial charge on any atom is 0.272 e. The van der Waals surface area contributed by atoms with E-state index in [4.69, 9.17) is 4.42 Å². The third kappa shape index (κ3) is 3.68. The van der Waals surface area contributed by atoms with Gasteiger partial charge in [0.25, 0.3) is 5.69 Å². The molecule has 0 radical (unpaired) electrons. The Labute approximate surface area is 117 Å².